The third kappa shape index (κ3) is 5.14. The molecule has 1 aliphatic heterocycles. The zero-order chi connectivity index (χ0) is 24.2. The van der Waals surface area contributed by atoms with Gasteiger partial charge < -0.3 is 14.8 Å². The molecule has 180 valence electrons. The minimum atomic E-state index is -0.207. The van der Waals surface area contributed by atoms with Gasteiger partial charge >= 0.3 is 0 Å². The molecule has 0 unspecified atom stereocenters. The first-order chi connectivity index (χ1) is 17.1. The molecule has 0 saturated carbocycles. The van der Waals surface area contributed by atoms with Crippen molar-refractivity contribution in [2.45, 2.75) is 25.4 Å². The molecule has 6 nitrogen and oxygen atoms in total. The van der Waals surface area contributed by atoms with Gasteiger partial charge in [-0.25, -0.2) is 0 Å². The van der Waals surface area contributed by atoms with Crippen LogP contribution in [0, 0.1) is 0 Å². The molecule has 0 atom stereocenters. The number of benzene rings is 3. The Balaban J connectivity index is 1.15. The van der Waals surface area contributed by atoms with Crippen molar-refractivity contribution < 1.29 is 19.1 Å². The van der Waals surface area contributed by atoms with Gasteiger partial charge in [-0.1, -0.05) is 42.5 Å². The number of rotatable bonds is 8. The van der Waals surface area contributed by atoms with Crippen LogP contribution in [-0.2, 0) is 11.3 Å². The van der Waals surface area contributed by atoms with Crippen LogP contribution in [0.25, 0.3) is 11.1 Å². The van der Waals surface area contributed by atoms with Crippen LogP contribution < -0.4 is 10.1 Å². The van der Waals surface area contributed by atoms with E-state index in [1.807, 2.05) is 54.6 Å². The molecule has 3 aromatic carbocycles. The molecular formula is C29H30N2O4. The van der Waals surface area contributed by atoms with Crippen molar-refractivity contribution in [1.29, 1.82) is 0 Å². The molecule has 0 aromatic heterocycles. The lowest BCUT2D eigenvalue weighted by Gasteiger charge is -2.31. The Morgan fingerprint density at radius 1 is 0.971 bits per heavy atom. The largest absolute Gasteiger partial charge is 0.492 e. The summed E-state index contributed by atoms with van der Waals surface area (Å²) in [5.74, 6) is 0.552. The maximum absolute atomic E-state index is 12.8. The van der Waals surface area contributed by atoms with Gasteiger partial charge in [0.1, 0.15) is 12.4 Å². The highest BCUT2D eigenvalue weighted by Crippen LogP contribution is 2.36. The van der Waals surface area contributed by atoms with Gasteiger partial charge in [0.05, 0.1) is 0 Å². The number of fused-ring (bicyclic) bond motifs is 3. The summed E-state index contributed by atoms with van der Waals surface area (Å²) in [4.78, 5) is 27.9. The van der Waals surface area contributed by atoms with E-state index in [1.165, 1.54) is 0 Å². The lowest BCUT2D eigenvalue weighted by Crippen LogP contribution is -2.38. The third-order valence-electron chi connectivity index (χ3n) is 6.87. The Labute approximate surface area is 205 Å². The number of hydrogen-bond acceptors (Lipinski definition) is 5. The lowest BCUT2D eigenvalue weighted by atomic mass is 10.0. The average molecular weight is 471 g/mol. The molecule has 1 aliphatic carbocycles. The summed E-state index contributed by atoms with van der Waals surface area (Å²) in [5, 5.41) is 2.96. The zero-order valence-corrected chi connectivity index (χ0v) is 20.0. The van der Waals surface area contributed by atoms with E-state index in [-0.39, 0.29) is 11.7 Å². The predicted molar refractivity (Wildman–Crippen MR) is 135 cm³/mol. The average Bonchev–Trinajstić information content (AvgIpc) is 3.19. The van der Waals surface area contributed by atoms with E-state index in [0.29, 0.717) is 35.9 Å². The Hall–Kier alpha value is -3.48. The first-order valence-electron chi connectivity index (χ1n) is 12.2. The van der Waals surface area contributed by atoms with Gasteiger partial charge in [0.2, 0.25) is 0 Å². The summed E-state index contributed by atoms with van der Waals surface area (Å²) in [5.41, 5.74) is 4.52. The van der Waals surface area contributed by atoms with Gasteiger partial charge in [0.25, 0.3) is 5.91 Å². The van der Waals surface area contributed by atoms with Crippen LogP contribution in [0.15, 0.2) is 66.7 Å². The smallest absolute Gasteiger partial charge is 0.251 e. The second-order valence-electron chi connectivity index (χ2n) is 9.14. The molecule has 2 aliphatic rings. The second kappa shape index (κ2) is 10.4. The van der Waals surface area contributed by atoms with E-state index < -0.39 is 0 Å². The summed E-state index contributed by atoms with van der Waals surface area (Å²) in [6.07, 6.45) is 2.13. The van der Waals surface area contributed by atoms with Crippen LogP contribution in [0.1, 0.15) is 44.7 Å². The van der Waals surface area contributed by atoms with Crippen molar-refractivity contribution in [3.8, 4) is 16.9 Å². The van der Waals surface area contributed by atoms with Crippen LogP contribution >= 0.6 is 0 Å². The molecule has 0 bridgehead atoms. The Kier molecular flexibility index (Phi) is 6.93. The Morgan fingerprint density at radius 2 is 1.74 bits per heavy atom. The van der Waals surface area contributed by atoms with Gasteiger partial charge in [-0.15, -0.1) is 0 Å². The van der Waals surface area contributed by atoms with Crippen molar-refractivity contribution in [3.05, 3.63) is 89.0 Å². The number of nitrogens with one attached hydrogen (secondary N) is 1. The third-order valence-corrected chi connectivity index (χ3v) is 6.87. The Bertz CT molecular complexity index is 1230. The number of carbonyl (C=O) groups is 2. The van der Waals surface area contributed by atoms with E-state index >= 15 is 0 Å². The van der Waals surface area contributed by atoms with Crippen LogP contribution in [0.2, 0.25) is 0 Å². The van der Waals surface area contributed by atoms with Gasteiger partial charge in [0, 0.05) is 49.0 Å². The molecule has 3 aromatic rings. The van der Waals surface area contributed by atoms with E-state index in [0.717, 1.165) is 55.0 Å². The monoisotopic (exact) mass is 470 g/mol. The SMILES string of the molecule is CN(CCOc1cccc(CNC(=O)c2ccc3c(c2)C(=O)c2ccccc2-3)c1)C1CCOCC1. The molecule has 6 heteroatoms. The molecule has 1 amide bonds. The fourth-order valence-electron chi connectivity index (χ4n) is 4.81. The van der Waals surface area contributed by atoms with E-state index in [1.54, 1.807) is 12.1 Å². The fraction of sp³-hybridized carbons (Fsp3) is 0.310. The van der Waals surface area contributed by atoms with Gasteiger partial charge in [-0.05, 0) is 60.8 Å². The predicted octanol–water partition coefficient (Wildman–Crippen LogP) is 4.32. The van der Waals surface area contributed by atoms with E-state index in [2.05, 4.69) is 17.3 Å². The lowest BCUT2D eigenvalue weighted by molar-refractivity contribution is 0.0392. The van der Waals surface area contributed by atoms with Crippen molar-refractivity contribution in [3.63, 3.8) is 0 Å². The molecule has 1 heterocycles. The molecule has 1 saturated heterocycles. The van der Waals surface area contributed by atoms with E-state index in [9.17, 15) is 9.59 Å². The highest BCUT2D eigenvalue weighted by atomic mass is 16.5. The summed E-state index contributed by atoms with van der Waals surface area (Å²) in [6, 6.07) is 21.2. The summed E-state index contributed by atoms with van der Waals surface area (Å²) in [7, 11) is 2.14. The van der Waals surface area contributed by atoms with Gasteiger partial charge in [-0.3, -0.25) is 14.5 Å². The standard InChI is InChI=1S/C29H30N2O4/c1-31(22-11-14-34-15-12-22)13-16-35-23-6-4-5-20(17-23)19-30-29(33)21-9-10-25-24-7-2-3-8-26(24)28(32)27(25)18-21/h2-10,17-18,22H,11-16,19H2,1H3,(H,30,33). The highest BCUT2D eigenvalue weighted by molar-refractivity contribution is 6.22. The molecular weight excluding hydrogens is 440 g/mol. The second-order valence-corrected chi connectivity index (χ2v) is 9.14. The van der Waals surface area contributed by atoms with Crippen molar-refractivity contribution in [2.75, 3.05) is 33.4 Å². The topological polar surface area (TPSA) is 67.9 Å². The van der Waals surface area contributed by atoms with Gasteiger partial charge in [0.15, 0.2) is 5.78 Å². The minimum absolute atomic E-state index is 0.0300. The summed E-state index contributed by atoms with van der Waals surface area (Å²) >= 11 is 0. The molecule has 1 N–H and O–H groups in total. The van der Waals surface area contributed by atoms with Crippen LogP contribution in [0.5, 0.6) is 5.75 Å². The van der Waals surface area contributed by atoms with Crippen molar-refractivity contribution >= 4 is 11.7 Å². The number of hydrogen-bond donors (Lipinski definition) is 1. The minimum Gasteiger partial charge on any atom is -0.492 e. The quantitative estimate of drug-likeness (QED) is 0.416. The number of ether oxygens (including phenoxy) is 2. The molecule has 5 rings (SSSR count). The van der Waals surface area contributed by atoms with Crippen molar-refractivity contribution in [1.82, 2.24) is 10.2 Å². The molecule has 35 heavy (non-hydrogen) atoms. The maximum Gasteiger partial charge on any atom is 0.251 e. The maximum atomic E-state index is 12.8. The highest BCUT2D eigenvalue weighted by Gasteiger charge is 2.27. The molecule has 0 radical (unpaired) electrons. The number of nitrogens with zero attached hydrogens (tertiary/aromatic N) is 1. The number of likely N-dealkylation sites (N-methyl/N-ethyl adjacent to an activating group) is 1. The zero-order valence-electron chi connectivity index (χ0n) is 20.0. The normalized spacial score (nSPS) is 15.1. The summed E-state index contributed by atoms with van der Waals surface area (Å²) in [6.45, 7) is 3.50. The first-order valence-corrected chi connectivity index (χ1v) is 12.2. The summed E-state index contributed by atoms with van der Waals surface area (Å²) < 4.78 is 11.4. The molecule has 1 fully saturated rings. The van der Waals surface area contributed by atoms with Crippen LogP contribution in [0.3, 0.4) is 0 Å². The molecule has 0 spiro atoms. The number of amides is 1. The first kappa shape index (κ1) is 23.3. The number of carbonyl (C=O) groups excluding carboxylic acids is 2. The Morgan fingerprint density at radius 3 is 2.57 bits per heavy atom. The van der Waals surface area contributed by atoms with Crippen LogP contribution in [-0.4, -0.2) is 56.0 Å². The van der Waals surface area contributed by atoms with E-state index in [4.69, 9.17) is 9.47 Å². The number of ketones is 1. The van der Waals surface area contributed by atoms with Gasteiger partial charge in [-0.2, -0.15) is 0 Å². The van der Waals surface area contributed by atoms with Crippen LogP contribution in [0.4, 0.5) is 0 Å². The van der Waals surface area contributed by atoms with Crippen molar-refractivity contribution in [2.24, 2.45) is 0 Å². The fourth-order valence-corrected chi connectivity index (χ4v) is 4.81.